The van der Waals surface area contributed by atoms with E-state index in [1.165, 1.54) is 6.33 Å². The predicted molar refractivity (Wildman–Crippen MR) is 92.3 cm³/mol. The molecule has 2 heterocycles. The van der Waals surface area contributed by atoms with Crippen molar-refractivity contribution in [1.29, 1.82) is 5.26 Å². The number of nitriles is 1. The van der Waals surface area contributed by atoms with Gasteiger partial charge in [-0.3, -0.25) is 0 Å². The number of rotatable bonds is 4. The predicted octanol–water partition coefficient (Wildman–Crippen LogP) is 3.56. The Hall–Kier alpha value is -3.79. The number of hydrogen-bond acceptors (Lipinski definition) is 7. The van der Waals surface area contributed by atoms with E-state index >= 15 is 0 Å². The Morgan fingerprint density at radius 3 is 2.60 bits per heavy atom. The molecule has 1 aliphatic heterocycles. The number of benzene rings is 2. The van der Waals surface area contributed by atoms with Crippen LogP contribution in [0.15, 0.2) is 54.9 Å². The van der Waals surface area contributed by atoms with Crippen molar-refractivity contribution >= 4 is 23.0 Å². The van der Waals surface area contributed by atoms with Gasteiger partial charge in [0.15, 0.2) is 11.5 Å². The topological polar surface area (TPSA) is 92.1 Å². The first-order valence-corrected chi connectivity index (χ1v) is 7.57. The monoisotopic (exact) mass is 331 g/mol. The van der Waals surface area contributed by atoms with Crippen molar-refractivity contribution in [2.45, 2.75) is 0 Å². The molecule has 0 atom stereocenters. The minimum absolute atomic E-state index is 0.235. The van der Waals surface area contributed by atoms with Crippen LogP contribution in [0.4, 0.5) is 23.0 Å². The van der Waals surface area contributed by atoms with Gasteiger partial charge in [0, 0.05) is 17.8 Å². The zero-order chi connectivity index (χ0) is 17.1. The lowest BCUT2D eigenvalue weighted by Gasteiger charge is -2.10. The Kier molecular flexibility index (Phi) is 3.77. The van der Waals surface area contributed by atoms with Gasteiger partial charge in [-0.15, -0.1) is 0 Å². The fourth-order valence-corrected chi connectivity index (χ4v) is 2.44. The highest BCUT2D eigenvalue weighted by Gasteiger charge is 2.13. The Balaban J connectivity index is 1.54. The molecule has 0 radical (unpaired) electrons. The maximum Gasteiger partial charge on any atom is 0.231 e. The largest absolute Gasteiger partial charge is 0.454 e. The van der Waals surface area contributed by atoms with Crippen molar-refractivity contribution in [3.8, 4) is 17.6 Å². The second kappa shape index (κ2) is 6.37. The van der Waals surface area contributed by atoms with Gasteiger partial charge < -0.3 is 20.1 Å². The number of nitrogens with zero attached hydrogens (tertiary/aromatic N) is 3. The number of hydrogen-bond donors (Lipinski definition) is 2. The molecule has 7 heteroatoms. The SMILES string of the molecule is N#Cc1ccccc1Nc1cc(Nc2ccc3c(c2)OCO3)ncn1. The lowest BCUT2D eigenvalue weighted by atomic mass is 10.2. The molecule has 0 bridgehead atoms. The number of para-hydroxylation sites is 1. The molecule has 0 saturated carbocycles. The van der Waals surface area contributed by atoms with Gasteiger partial charge in [-0.2, -0.15) is 5.26 Å². The molecule has 0 fully saturated rings. The van der Waals surface area contributed by atoms with E-state index in [-0.39, 0.29) is 6.79 Å². The summed E-state index contributed by atoms with van der Waals surface area (Å²) in [5.74, 6) is 2.62. The van der Waals surface area contributed by atoms with Crippen molar-refractivity contribution in [2.24, 2.45) is 0 Å². The van der Waals surface area contributed by atoms with Gasteiger partial charge in [-0.25, -0.2) is 9.97 Å². The second-order valence-corrected chi connectivity index (χ2v) is 5.26. The minimum atomic E-state index is 0.235. The maximum atomic E-state index is 9.17. The molecule has 1 aromatic heterocycles. The van der Waals surface area contributed by atoms with Crippen molar-refractivity contribution < 1.29 is 9.47 Å². The highest BCUT2D eigenvalue weighted by molar-refractivity contribution is 5.68. The minimum Gasteiger partial charge on any atom is -0.454 e. The normalized spacial score (nSPS) is 11.6. The Morgan fingerprint density at radius 1 is 0.920 bits per heavy atom. The molecule has 7 nitrogen and oxygen atoms in total. The lowest BCUT2D eigenvalue weighted by Crippen LogP contribution is -1.99. The van der Waals surface area contributed by atoms with Crippen LogP contribution in [0.2, 0.25) is 0 Å². The first kappa shape index (κ1) is 14.8. The Morgan fingerprint density at radius 2 is 1.72 bits per heavy atom. The second-order valence-electron chi connectivity index (χ2n) is 5.26. The molecular formula is C18H13N5O2. The molecule has 0 amide bonds. The van der Waals surface area contributed by atoms with Crippen LogP contribution in [0.5, 0.6) is 11.5 Å². The highest BCUT2D eigenvalue weighted by Crippen LogP contribution is 2.35. The molecule has 0 spiro atoms. The Bertz CT molecular complexity index is 968. The summed E-state index contributed by atoms with van der Waals surface area (Å²) in [7, 11) is 0. The summed E-state index contributed by atoms with van der Waals surface area (Å²) in [4.78, 5) is 8.41. The van der Waals surface area contributed by atoms with Crippen LogP contribution < -0.4 is 20.1 Å². The van der Waals surface area contributed by atoms with E-state index in [9.17, 15) is 0 Å². The zero-order valence-electron chi connectivity index (χ0n) is 13.1. The molecule has 2 aromatic carbocycles. The van der Waals surface area contributed by atoms with Crippen LogP contribution in [0.25, 0.3) is 0 Å². The quantitative estimate of drug-likeness (QED) is 0.755. The summed E-state index contributed by atoms with van der Waals surface area (Å²) < 4.78 is 10.7. The number of aromatic nitrogens is 2. The summed E-state index contributed by atoms with van der Waals surface area (Å²) in [5.41, 5.74) is 2.07. The fourth-order valence-electron chi connectivity index (χ4n) is 2.44. The standard InChI is InChI=1S/C18H13N5O2/c19-9-12-3-1-2-4-14(12)23-18-8-17(20-10-21-18)22-13-5-6-15-16(7-13)25-11-24-15/h1-8,10H,11H2,(H2,20,21,22,23). The zero-order valence-corrected chi connectivity index (χ0v) is 13.1. The van der Waals surface area contributed by atoms with Crippen molar-refractivity contribution in [1.82, 2.24) is 9.97 Å². The van der Waals surface area contributed by atoms with Crippen LogP contribution in [-0.4, -0.2) is 16.8 Å². The third-order valence-electron chi connectivity index (χ3n) is 3.62. The molecule has 25 heavy (non-hydrogen) atoms. The van der Waals surface area contributed by atoms with E-state index in [0.717, 1.165) is 11.4 Å². The molecule has 1 aliphatic rings. The smallest absolute Gasteiger partial charge is 0.231 e. The third-order valence-corrected chi connectivity index (χ3v) is 3.62. The van der Waals surface area contributed by atoms with Crippen LogP contribution in [-0.2, 0) is 0 Å². The summed E-state index contributed by atoms with van der Waals surface area (Å²) in [6.45, 7) is 0.235. The number of ether oxygens (including phenoxy) is 2. The summed E-state index contributed by atoms with van der Waals surface area (Å²) in [6.07, 6.45) is 1.45. The molecule has 3 aromatic rings. The van der Waals surface area contributed by atoms with E-state index in [0.29, 0.717) is 28.6 Å². The van der Waals surface area contributed by atoms with Gasteiger partial charge in [-0.1, -0.05) is 12.1 Å². The maximum absolute atomic E-state index is 9.17. The first-order valence-electron chi connectivity index (χ1n) is 7.57. The summed E-state index contributed by atoms with van der Waals surface area (Å²) >= 11 is 0. The molecule has 2 N–H and O–H groups in total. The Labute approximate surface area is 143 Å². The van der Waals surface area contributed by atoms with Crippen molar-refractivity contribution in [3.63, 3.8) is 0 Å². The van der Waals surface area contributed by atoms with E-state index in [1.54, 1.807) is 12.1 Å². The lowest BCUT2D eigenvalue weighted by molar-refractivity contribution is 0.174. The van der Waals surface area contributed by atoms with Crippen LogP contribution in [0, 0.1) is 11.3 Å². The van der Waals surface area contributed by atoms with Gasteiger partial charge in [0.25, 0.3) is 0 Å². The highest BCUT2D eigenvalue weighted by atomic mass is 16.7. The van der Waals surface area contributed by atoms with E-state index in [1.807, 2.05) is 36.4 Å². The van der Waals surface area contributed by atoms with Crippen LogP contribution >= 0.6 is 0 Å². The van der Waals surface area contributed by atoms with Gasteiger partial charge in [0.05, 0.1) is 11.3 Å². The average molecular weight is 331 g/mol. The first-order chi connectivity index (χ1) is 12.3. The average Bonchev–Trinajstić information content (AvgIpc) is 3.10. The number of nitrogens with one attached hydrogen (secondary N) is 2. The van der Waals surface area contributed by atoms with E-state index < -0.39 is 0 Å². The van der Waals surface area contributed by atoms with Gasteiger partial charge in [-0.05, 0) is 24.3 Å². The number of fused-ring (bicyclic) bond motifs is 1. The van der Waals surface area contributed by atoms with Crippen molar-refractivity contribution in [3.05, 3.63) is 60.4 Å². The van der Waals surface area contributed by atoms with Crippen LogP contribution in [0.1, 0.15) is 5.56 Å². The molecular weight excluding hydrogens is 318 g/mol. The molecule has 122 valence electrons. The van der Waals surface area contributed by atoms with Gasteiger partial charge in [0.2, 0.25) is 6.79 Å². The summed E-state index contributed by atoms with van der Waals surface area (Å²) in [5, 5.41) is 15.5. The molecule has 0 unspecified atom stereocenters. The van der Waals surface area contributed by atoms with Gasteiger partial charge in [0.1, 0.15) is 24.0 Å². The molecule has 0 aliphatic carbocycles. The molecule has 4 rings (SSSR count). The van der Waals surface area contributed by atoms with E-state index in [4.69, 9.17) is 14.7 Å². The fraction of sp³-hybridized carbons (Fsp3) is 0.0556. The van der Waals surface area contributed by atoms with Crippen molar-refractivity contribution in [2.75, 3.05) is 17.4 Å². The van der Waals surface area contributed by atoms with Crippen LogP contribution in [0.3, 0.4) is 0 Å². The number of anilines is 4. The van der Waals surface area contributed by atoms with Gasteiger partial charge >= 0.3 is 0 Å². The molecule has 0 saturated heterocycles. The summed E-state index contributed by atoms with van der Waals surface area (Å²) in [6, 6.07) is 16.7. The van der Waals surface area contributed by atoms with E-state index in [2.05, 4.69) is 26.7 Å². The third kappa shape index (κ3) is 3.14.